The number of amides is 2. The molecule has 14 heavy (non-hydrogen) atoms. The van der Waals surface area contributed by atoms with Crippen molar-refractivity contribution >= 4 is 23.1 Å². The smallest absolute Gasteiger partial charge is 0.272 e. The standard InChI is InChI=1S/C8H5NO4S/c10-7-5-3-1-2-4-6(5)8(11)9(7)14(12)13/h1-4H,(H,12,13)/p-1. The fraction of sp³-hybridized carbons (Fsp3) is 0. The van der Waals surface area contributed by atoms with Gasteiger partial charge in [0.15, 0.2) is 0 Å². The maximum atomic E-state index is 11.4. The SMILES string of the molecule is O=C1c2ccccc2C(=O)N1S(=O)[O-]. The van der Waals surface area contributed by atoms with Crippen molar-refractivity contribution in [2.24, 2.45) is 0 Å². The second kappa shape index (κ2) is 3.00. The molecule has 0 aliphatic carbocycles. The Morgan fingerprint density at radius 1 is 1.07 bits per heavy atom. The predicted molar refractivity (Wildman–Crippen MR) is 45.9 cm³/mol. The highest BCUT2D eigenvalue weighted by Crippen LogP contribution is 2.22. The minimum Gasteiger partial charge on any atom is -0.755 e. The zero-order valence-corrected chi connectivity index (χ0v) is 7.61. The summed E-state index contributed by atoms with van der Waals surface area (Å²) in [4.78, 5) is 22.7. The quantitative estimate of drug-likeness (QED) is 0.485. The summed E-state index contributed by atoms with van der Waals surface area (Å²) in [5.74, 6) is -1.59. The van der Waals surface area contributed by atoms with Gasteiger partial charge in [-0.2, -0.15) is 4.31 Å². The summed E-state index contributed by atoms with van der Waals surface area (Å²) in [7, 11) is 0. The molecule has 1 heterocycles. The van der Waals surface area contributed by atoms with Gasteiger partial charge in [-0.1, -0.05) is 12.1 Å². The monoisotopic (exact) mass is 210 g/mol. The molecular formula is C8H4NO4S-. The van der Waals surface area contributed by atoms with E-state index >= 15 is 0 Å². The maximum absolute atomic E-state index is 11.4. The van der Waals surface area contributed by atoms with Crippen LogP contribution in [-0.4, -0.2) is 24.9 Å². The Labute approximate surface area is 81.8 Å². The van der Waals surface area contributed by atoms with Crippen LogP contribution in [0.15, 0.2) is 24.3 Å². The zero-order chi connectivity index (χ0) is 10.3. The summed E-state index contributed by atoms with van der Waals surface area (Å²) in [6.07, 6.45) is 0. The summed E-state index contributed by atoms with van der Waals surface area (Å²) in [6, 6.07) is 5.98. The summed E-state index contributed by atoms with van der Waals surface area (Å²) in [6.45, 7) is 0. The van der Waals surface area contributed by atoms with Crippen LogP contribution in [0.2, 0.25) is 0 Å². The molecule has 2 rings (SSSR count). The number of hydrogen-bond donors (Lipinski definition) is 0. The van der Waals surface area contributed by atoms with Crippen molar-refractivity contribution in [3.05, 3.63) is 35.4 Å². The zero-order valence-electron chi connectivity index (χ0n) is 6.80. The van der Waals surface area contributed by atoms with Gasteiger partial charge in [0, 0.05) is 0 Å². The van der Waals surface area contributed by atoms with E-state index in [9.17, 15) is 18.4 Å². The second-order valence-corrected chi connectivity index (χ2v) is 3.47. The normalized spacial score (nSPS) is 17.1. The minimum atomic E-state index is -2.84. The molecule has 0 bridgehead atoms. The van der Waals surface area contributed by atoms with E-state index in [2.05, 4.69) is 0 Å². The Morgan fingerprint density at radius 3 is 1.86 bits per heavy atom. The second-order valence-electron chi connectivity index (χ2n) is 2.67. The minimum absolute atomic E-state index is 0.127. The number of nitrogens with zero attached hydrogens (tertiary/aromatic N) is 1. The lowest BCUT2D eigenvalue weighted by atomic mass is 10.1. The first kappa shape index (κ1) is 9.04. The van der Waals surface area contributed by atoms with Gasteiger partial charge < -0.3 is 4.55 Å². The topological polar surface area (TPSA) is 77.5 Å². The van der Waals surface area contributed by atoms with Crippen molar-refractivity contribution < 1.29 is 18.4 Å². The molecule has 0 fully saturated rings. The van der Waals surface area contributed by atoms with Crippen molar-refractivity contribution in [2.45, 2.75) is 0 Å². The van der Waals surface area contributed by atoms with Crippen molar-refractivity contribution in [3.63, 3.8) is 0 Å². The average molecular weight is 210 g/mol. The van der Waals surface area contributed by atoms with Gasteiger partial charge in [-0.3, -0.25) is 13.8 Å². The van der Waals surface area contributed by atoms with Crippen LogP contribution in [0.25, 0.3) is 0 Å². The van der Waals surface area contributed by atoms with E-state index in [1.165, 1.54) is 12.1 Å². The van der Waals surface area contributed by atoms with Crippen LogP contribution < -0.4 is 0 Å². The lowest BCUT2D eigenvalue weighted by Gasteiger charge is -2.14. The molecule has 0 saturated carbocycles. The highest BCUT2D eigenvalue weighted by molar-refractivity contribution is 7.78. The van der Waals surface area contributed by atoms with Crippen LogP contribution >= 0.6 is 0 Å². The van der Waals surface area contributed by atoms with Gasteiger partial charge in [-0.15, -0.1) is 0 Å². The molecule has 1 atom stereocenters. The highest BCUT2D eigenvalue weighted by Gasteiger charge is 2.35. The first-order chi connectivity index (χ1) is 6.63. The van der Waals surface area contributed by atoms with Crippen LogP contribution in [0.3, 0.4) is 0 Å². The molecule has 0 saturated heterocycles. The van der Waals surface area contributed by atoms with E-state index in [0.29, 0.717) is 0 Å². The Morgan fingerprint density at radius 2 is 1.50 bits per heavy atom. The van der Waals surface area contributed by atoms with E-state index in [0.717, 1.165) is 0 Å². The molecule has 5 nitrogen and oxygen atoms in total. The third-order valence-electron chi connectivity index (χ3n) is 1.91. The molecule has 1 aromatic carbocycles. The number of rotatable bonds is 1. The first-order valence-electron chi connectivity index (χ1n) is 3.70. The molecule has 0 N–H and O–H groups in total. The van der Waals surface area contributed by atoms with Crippen molar-refractivity contribution in [1.29, 1.82) is 0 Å². The van der Waals surface area contributed by atoms with Crippen molar-refractivity contribution in [3.8, 4) is 0 Å². The lowest BCUT2D eigenvalue weighted by molar-refractivity contribution is 0.0763. The van der Waals surface area contributed by atoms with Crippen LogP contribution in [0.4, 0.5) is 0 Å². The third-order valence-corrected chi connectivity index (χ3v) is 2.54. The molecule has 1 aromatic rings. The fourth-order valence-corrected chi connectivity index (χ4v) is 1.77. The van der Waals surface area contributed by atoms with Crippen LogP contribution in [0.5, 0.6) is 0 Å². The third kappa shape index (κ3) is 1.08. The van der Waals surface area contributed by atoms with Gasteiger partial charge in [0.2, 0.25) is 0 Å². The predicted octanol–water partition coefficient (Wildman–Crippen LogP) is 0.0767. The molecule has 72 valence electrons. The molecule has 6 heteroatoms. The summed E-state index contributed by atoms with van der Waals surface area (Å²) < 4.78 is 21.4. The summed E-state index contributed by atoms with van der Waals surface area (Å²) in [5, 5.41) is 0. The molecule has 0 aromatic heterocycles. The summed E-state index contributed by atoms with van der Waals surface area (Å²) >= 11 is -2.84. The van der Waals surface area contributed by atoms with Gasteiger partial charge in [0.1, 0.15) is 0 Å². The fourth-order valence-electron chi connectivity index (χ4n) is 1.30. The number of hydrogen-bond acceptors (Lipinski definition) is 4. The number of benzene rings is 1. The van der Waals surface area contributed by atoms with Crippen LogP contribution in [0, 0.1) is 0 Å². The molecule has 0 radical (unpaired) electrons. The van der Waals surface area contributed by atoms with Crippen LogP contribution in [0.1, 0.15) is 20.7 Å². The summed E-state index contributed by atoms with van der Waals surface area (Å²) in [5.41, 5.74) is 0.253. The van der Waals surface area contributed by atoms with Crippen molar-refractivity contribution in [2.75, 3.05) is 0 Å². The van der Waals surface area contributed by atoms with E-state index in [4.69, 9.17) is 0 Å². The van der Waals surface area contributed by atoms with Crippen LogP contribution in [-0.2, 0) is 11.3 Å². The molecule has 1 aliphatic rings. The number of imide groups is 1. The maximum Gasteiger partial charge on any atom is 0.272 e. The lowest BCUT2D eigenvalue weighted by Crippen LogP contribution is -2.31. The Kier molecular flexibility index (Phi) is 1.94. The van der Waals surface area contributed by atoms with Gasteiger partial charge in [-0.25, -0.2) is 0 Å². The van der Waals surface area contributed by atoms with Crippen molar-refractivity contribution in [1.82, 2.24) is 4.31 Å². The largest absolute Gasteiger partial charge is 0.755 e. The molecule has 1 unspecified atom stereocenters. The van der Waals surface area contributed by atoms with Gasteiger partial charge in [0.25, 0.3) is 11.8 Å². The van der Waals surface area contributed by atoms with Gasteiger partial charge in [0.05, 0.1) is 22.4 Å². The molecule has 0 spiro atoms. The van der Waals surface area contributed by atoms with E-state index in [-0.39, 0.29) is 15.4 Å². The van der Waals surface area contributed by atoms with E-state index < -0.39 is 23.1 Å². The Hall–Kier alpha value is -1.53. The van der Waals surface area contributed by atoms with E-state index in [1.54, 1.807) is 12.1 Å². The molecule has 1 aliphatic heterocycles. The molecular weight excluding hydrogens is 206 g/mol. The van der Waals surface area contributed by atoms with Gasteiger partial charge >= 0.3 is 0 Å². The molecule has 2 amide bonds. The van der Waals surface area contributed by atoms with Gasteiger partial charge in [-0.05, 0) is 12.1 Å². The Bertz CT molecular complexity index is 421. The average Bonchev–Trinajstić information content (AvgIpc) is 2.41. The van der Waals surface area contributed by atoms with E-state index in [1.807, 2.05) is 0 Å². The highest BCUT2D eigenvalue weighted by atomic mass is 32.2. The first-order valence-corrected chi connectivity index (χ1v) is 4.73. The number of carbonyl (C=O) groups is 2. The number of carbonyl (C=O) groups excluding carboxylic acids is 2. The number of fused-ring (bicyclic) bond motifs is 1. The Balaban J connectivity index is 2.59.